The smallest absolute Gasteiger partial charge is 0.296 e. The summed E-state index contributed by atoms with van der Waals surface area (Å²) in [6.45, 7) is 3.11. The van der Waals surface area contributed by atoms with Gasteiger partial charge in [0.15, 0.2) is 5.69 Å². The van der Waals surface area contributed by atoms with Crippen LogP contribution in [0, 0.1) is 5.82 Å². The van der Waals surface area contributed by atoms with E-state index in [0.717, 1.165) is 18.7 Å². The summed E-state index contributed by atoms with van der Waals surface area (Å²) in [4.78, 5) is 30.9. The van der Waals surface area contributed by atoms with Crippen molar-refractivity contribution in [3.8, 4) is 5.75 Å². The molecular formula is C20H23FN4O4. The van der Waals surface area contributed by atoms with E-state index in [1.54, 1.807) is 12.1 Å². The lowest BCUT2D eigenvalue weighted by Crippen LogP contribution is -2.47. The number of carbonyl (C=O) groups is 1. The maximum Gasteiger partial charge on any atom is 0.296 e. The summed E-state index contributed by atoms with van der Waals surface area (Å²) >= 11 is 0. The van der Waals surface area contributed by atoms with Crippen molar-refractivity contribution in [2.45, 2.75) is 31.3 Å². The average molecular weight is 402 g/mol. The molecule has 154 valence electrons. The van der Waals surface area contributed by atoms with Crippen LogP contribution < -0.4 is 11.3 Å². The van der Waals surface area contributed by atoms with Crippen LogP contribution in [0.3, 0.4) is 0 Å². The van der Waals surface area contributed by atoms with Crippen LogP contribution in [0.4, 0.5) is 4.39 Å². The minimum Gasteiger partial charge on any atom is -0.501 e. The van der Waals surface area contributed by atoms with Gasteiger partial charge < -0.3 is 15.6 Å². The molecule has 0 bridgehead atoms. The molecule has 2 aliphatic heterocycles. The number of carbonyl (C=O) groups excluding carboxylic acids is 1. The Morgan fingerprint density at radius 2 is 1.93 bits per heavy atom. The fraction of sp³-hybridized carbons (Fsp3) is 0.450. The van der Waals surface area contributed by atoms with Crippen molar-refractivity contribution in [3.05, 3.63) is 57.5 Å². The Morgan fingerprint density at radius 1 is 1.24 bits per heavy atom. The second-order valence-electron chi connectivity index (χ2n) is 7.69. The lowest BCUT2D eigenvalue weighted by atomic mass is 9.77. The molecule has 1 aromatic carbocycles. The number of piperidine rings is 1. The Balaban J connectivity index is 1.62. The summed E-state index contributed by atoms with van der Waals surface area (Å²) in [6.07, 6.45) is 1.34. The molecule has 3 heterocycles. The van der Waals surface area contributed by atoms with Crippen LogP contribution in [0.2, 0.25) is 0 Å². The number of nitrogens with zero attached hydrogens (tertiary/aromatic N) is 3. The highest BCUT2D eigenvalue weighted by Gasteiger charge is 2.42. The zero-order valence-electron chi connectivity index (χ0n) is 15.9. The van der Waals surface area contributed by atoms with Crippen molar-refractivity contribution in [1.29, 1.82) is 0 Å². The first-order valence-electron chi connectivity index (χ1n) is 9.58. The molecule has 1 spiro atoms. The summed E-state index contributed by atoms with van der Waals surface area (Å²) in [5, 5.41) is 10.1. The van der Waals surface area contributed by atoms with Crippen LogP contribution in [-0.4, -0.2) is 51.8 Å². The molecule has 9 heteroatoms. The number of primary amides is 1. The van der Waals surface area contributed by atoms with Gasteiger partial charge in [0, 0.05) is 6.54 Å². The molecule has 0 atom stereocenters. The first-order chi connectivity index (χ1) is 13.9. The molecule has 1 fully saturated rings. The third kappa shape index (κ3) is 3.63. The number of benzene rings is 1. The van der Waals surface area contributed by atoms with Crippen molar-refractivity contribution >= 4 is 5.91 Å². The normalized spacial score (nSPS) is 18.9. The molecular weight excluding hydrogens is 379 g/mol. The van der Waals surface area contributed by atoms with Gasteiger partial charge in [0.2, 0.25) is 5.75 Å². The lowest BCUT2D eigenvalue weighted by molar-refractivity contribution is 0.0498. The van der Waals surface area contributed by atoms with Gasteiger partial charge in [-0.05, 0) is 43.6 Å². The van der Waals surface area contributed by atoms with E-state index in [-0.39, 0.29) is 12.4 Å². The standard InChI is InChI=1S/C20H23FN4O4/c21-14-3-1-13(2-4-14)11-24-7-5-20(6-8-24)12-29-10-9-25-18(28)16(26)15(17(22)27)23-19(20)25/h1-4,26H,5-12H2,(H2,22,27). The lowest BCUT2D eigenvalue weighted by Gasteiger charge is -2.41. The van der Waals surface area contributed by atoms with Crippen molar-refractivity contribution in [2.75, 3.05) is 26.3 Å². The summed E-state index contributed by atoms with van der Waals surface area (Å²) in [5.41, 5.74) is 4.75. The second kappa shape index (κ2) is 7.57. The largest absolute Gasteiger partial charge is 0.501 e. The monoisotopic (exact) mass is 402 g/mol. The number of amides is 1. The molecule has 1 amide bonds. The Labute approximate surface area is 166 Å². The number of fused-ring (bicyclic) bond motifs is 2. The van der Waals surface area contributed by atoms with Crippen LogP contribution in [0.15, 0.2) is 29.1 Å². The van der Waals surface area contributed by atoms with E-state index in [9.17, 15) is 19.1 Å². The van der Waals surface area contributed by atoms with Gasteiger partial charge in [0.1, 0.15) is 11.6 Å². The highest BCUT2D eigenvalue weighted by atomic mass is 19.1. The van der Waals surface area contributed by atoms with Gasteiger partial charge >= 0.3 is 0 Å². The van der Waals surface area contributed by atoms with Crippen molar-refractivity contribution in [3.63, 3.8) is 0 Å². The van der Waals surface area contributed by atoms with Crippen LogP contribution in [-0.2, 0) is 23.2 Å². The van der Waals surface area contributed by atoms with Crippen LogP contribution in [0.5, 0.6) is 5.75 Å². The number of ether oxygens (including phenoxy) is 1. The zero-order chi connectivity index (χ0) is 20.6. The molecule has 0 saturated carbocycles. The zero-order valence-corrected chi connectivity index (χ0v) is 15.9. The van der Waals surface area contributed by atoms with Gasteiger partial charge in [0.05, 0.1) is 25.2 Å². The average Bonchev–Trinajstić information content (AvgIpc) is 2.88. The Hall–Kier alpha value is -2.78. The van der Waals surface area contributed by atoms with Crippen LogP contribution >= 0.6 is 0 Å². The Morgan fingerprint density at radius 3 is 2.59 bits per heavy atom. The van der Waals surface area contributed by atoms with E-state index in [1.165, 1.54) is 16.7 Å². The number of likely N-dealkylation sites (tertiary alicyclic amines) is 1. The highest BCUT2D eigenvalue weighted by molar-refractivity contribution is 5.93. The van der Waals surface area contributed by atoms with E-state index in [4.69, 9.17) is 10.5 Å². The van der Waals surface area contributed by atoms with Crippen molar-refractivity contribution in [1.82, 2.24) is 14.5 Å². The van der Waals surface area contributed by atoms with Gasteiger partial charge in [-0.25, -0.2) is 9.37 Å². The molecule has 0 aliphatic carbocycles. The SMILES string of the molecule is NC(=O)c1nc2n(c(=O)c1O)CCOCC21CCN(Cc2ccc(F)cc2)CC1. The number of aromatic nitrogens is 2. The summed E-state index contributed by atoms with van der Waals surface area (Å²) in [6, 6.07) is 6.44. The molecule has 3 N–H and O–H groups in total. The predicted molar refractivity (Wildman–Crippen MR) is 102 cm³/mol. The summed E-state index contributed by atoms with van der Waals surface area (Å²) in [5.74, 6) is -1.46. The van der Waals surface area contributed by atoms with Gasteiger partial charge in [0.25, 0.3) is 11.5 Å². The minimum absolute atomic E-state index is 0.259. The highest BCUT2D eigenvalue weighted by Crippen LogP contribution is 2.36. The first-order valence-corrected chi connectivity index (χ1v) is 9.58. The van der Waals surface area contributed by atoms with Crippen molar-refractivity contribution < 1.29 is 19.0 Å². The fourth-order valence-electron chi connectivity index (χ4n) is 4.17. The number of nitrogens with two attached hydrogens (primary N) is 1. The molecule has 4 rings (SSSR count). The minimum atomic E-state index is -0.933. The van der Waals surface area contributed by atoms with Gasteiger partial charge in [-0.1, -0.05) is 12.1 Å². The fourth-order valence-corrected chi connectivity index (χ4v) is 4.17. The Kier molecular flexibility index (Phi) is 5.10. The van der Waals surface area contributed by atoms with E-state index in [1.807, 2.05) is 0 Å². The molecule has 1 saturated heterocycles. The van der Waals surface area contributed by atoms with E-state index >= 15 is 0 Å². The third-order valence-corrected chi connectivity index (χ3v) is 5.82. The number of halogens is 1. The molecule has 0 unspecified atom stereocenters. The number of hydrogen-bond donors (Lipinski definition) is 2. The van der Waals surface area contributed by atoms with Gasteiger partial charge in [-0.3, -0.25) is 19.1 Å². The van der Waals surface area contributed by atoms with E-state index in [0.29, 0.717) is 38.4 Å². The predicted octanol–water partition coefficient (Wildman–Crippen LogP) is 0.751. The third-order valence-electron chi connectivity index (χ3n) is 5.82. The summed E-state index contributed by atoms with van der Waals surface area (Å²) in [7, 11) is 0. The van der Waals surface area contributed by atoms with Crippen LogP contribution in [0.25, 0.3) is 0 Å². The number of hydrogen-bond acceptors (Lipinski definition) is 6. The summed E-state index contributed by atoms with van der Waals surface area (Å²) < 4.78 is 20.3. The molecule has 1 aromatic heterocycles. The number of rotatable bonds is 3. The molecule has 2 aliphatic rings. The maximum absolute atomic E-state index is 13.1. The molecule has 8 nitrogen and oxygen atoms in total. The van der Waals surface area contributed by atoms with Gasteiger partial charge in [-0.2, -0.15) is 0 Å². The van der Waals surface area contributed by atoms with Crippen LogP contribution in [0.1, 0.15) is 34.7 Å². The molecule has 0 radical (unpaired) electrons. The second-order valence-corrected chi connectivity index (χ2v) is 7.69. The van der Waals surface area contributed by atoms with Crippen molar-refractivity contribution in [2.24, 2.45) is 5.73 Å². The topological polar surface area (TPSA) is 111 Å². The maximum atomic E-state index is 13.1. The first kappa shape index (κ1) is 19.5. The Bertz CT molecular complexity index is 981. The van der Waals surface area contributed by atoms with E-state index < -0.39 is 28.3 Å². The quantitative estimate of drug-likeness (QED) is 0.784. The van der Waals surface area contributed by atoms with E-state index in [2.05, 4.69) is 9.88 Å². The molecule has 2 aromatic rings. The molecule has 29 heavy (non-hydrogen) atoms. The number of aromatic hydroxyl groups is 1. The van der Waals surface area contributed by atoms with Gasteiger partial charge in [-0.15, -0.1) is 0 Å².